The van der Waals surface area contributed by atoms with E-state index in [2.05, 4.69) is 10.3 Å². The van der Waals surface area contributed by atoms with Crippen molar-refractivity contribution in [2.45, 2.75) is 44.2 Å². The van der Waals surface area contributed by atoms with E-state index >= 15 is 0 Å². The van der Waals surface area contributed by atoms with Crippen molar-refractivity contribution in [1.29, 1.82) is 0 Å². The van der Waals surface area contributed by atoms with Crippen LogP contribution in [-0.4, -0.2) is 17.6 Å². The van der Waals surface area contributed by atoms with Crippen molar-refractivity contribution in [2.24, 2.45) is 0 Å². The Hall–Kier alpha value is -2.64. The van der Waals surface area contributed by atoms with Gasteiger partial charge in [-0.2, -0.15) is 13.2 Å². The number of halogens is 4. The van der Waals surface area contributed by atoms with Crippen molar-refractivity contribution in [3.8, 4) is 0 Å². The van der Waals surface area contributed by atoms with Gasteiger partial charge in [0.2, 0.25) is 0 Å². The number of aromatic nitrogens is 1. The van der Waals surface area contributed by atoms with Crippen LogP contribution in [0.4, 0.5) is 29.1 Å². The van der Waals surface area contributed by atoms with Gasteiger partial charge in [0.25, 0.3) is 0 Å². The van der Waals surface area contributed by atoms with Gasteiger partial charge in [-0.05, 0) is 61.8 Å². The van der Waals surface area contributed by atoms with E-state index in [0.717, 1.165) is 42.5 Å². The number of carbonyl (C=O) groups excluding carboxylic acids is 1. The van der Waals surface area contributed by atoms with Crippen LogP contribution in [0, 0.1) is 5.82 Å². The molecule has 0 amide bonds. The molecule has 1 N–H and O–H groups in total. The lowest BCUT2D eigenvalue weighted by Crippen LogP contribution is -2.14. The van der Waals surface area contributed by atoms with Crippen LogP contribution in [0.15, 0.2) is 24.4 Å². The number of alkyl halides is 3. The first kappa shape index (κ1) is 18.7. The van der Waals surface area contributed by atoms with Crippen molar-refractivity contribution in [3.63, 3.8) is 0 Å². The molecule has 0 aliphatic heterocycles. The maximum absolute atomic E-state index is 13.5. The molecule has 1 saturated carbocycles. The molecule has 1 heterocycles. The van der Waals surface area contributed by atoms with Crippen LogP contribution in [0.1, 0.15) is 65.1 Å². The third kappa shape index (κ3) is 3.10. The molecule has 2 atom stereocenters. The van der Waals surface area contributed by atoms with Crippen molar-refractivity contribution in [2.75, 3.05) is 11.9 Å². The minimum absolute atomic E-state index is 0.0927. The van der Waals surface area contributed by atoms with E-state index in [0.29, 0.717) is 11.4 Å². The van der Waals surface area contributed by atoms with Crippen molar-refractivity contribution in [1.82, 2.24) is 4.98 Å². The molecular weight excluding hydrogens is 376 g/mol. The Labute approximate surface area is 158 Å². The number of rotatable bonds is 4. The van der Waals surface area contributed by atoms with Crippen LogP contribution in [-0.2, 0) is 10.9 Å². The molecule has 1 aromatic heterocycles. The van der Waals surface area contributed by atoms with Gasteiger partial charge in [-0.3, -0.25) is 0 Å². The zero-order chi connectivity index (χ0) is 20.1. The van der Waals surface area contributed by atoms with Crippen LogP contribution < -0.4 is 5.32 Å². The second-order valence-corrected chi connectivity index (χ2v) is 7.09. The maximum Gasteiger partial charge on any atom is 0.419 e. The van der Waals surface area contributed by atoms with Crippen LogP contribution in [0.25, 0.3) is 0 Å². The van der Waals surface area contributed by atoms with Crippen molar-refractivity contribution in [3.05, 3.63) is 52.5 Å². The lowest BCUT2D eigenvalue weighted by molar-refractivity contribution is -0.139. The molecule has 4 rings (SSSR count). The van der Waals surface area contributed by atoms with Crippen LogP contribution >= 0.6 is 0 Å². The highest BCUT2D eigenvalue weighted by Crippen LogP contribution is 2.56. The molecule has 8 heteroatoms. The van der Waals surface area contributed by atoms with E-state index < -0.39 is 23.5 Å². The predicted molar refractivity (Wildman–Crippen MR) is 94.2 cm³/mol. The standard InChI is InChI=1S/C20H18F4N2O2/c1-2-28-19(27)13-9-25-18(17-11-4-3-10(7-11)16(13)17)26-12-5-6-15(21)14(8-12)20(22,23)24/h5-6,8-11H,2-4,7H2,1H3,(H,25,26). The van der Waals surface area contributed by atoms with Gasteiger partial charge in [-0.1, -0.05) is 0 Å². The Morgan fingerprint density at radius 1 is 1.25 bits per heavy atom. The second kappa shape index (κ2) is 6.76. The monoisotopic (exact) mass is 394 g/mol. The van der Waals surface area contributed by atoms with Gasteiger partial charge in [0.1, 0.15) is 11.6 Å². The number of fused-ring (bicyclic) bond motifs is 5. The Kier molecular flexibility index (Phi) is 4.51. The molecule has 148 valence electrons. The maximum atomic E-state index is 13.5. The first-order valence-electron chi connectivity index (χ1n) is 9.13. The molecule has 2 aromatic rings. The fourth-order valence-corrected chi connectivity index (χ4v) is 4.33. The van der Waals surface area contributed by atoms with Gasteiger partial charge in [0.15, 0.2) is 0 Å². The first-order chi connectivity index (χ1) is 13.3. The third-order valence-corrected chi connectivity index (χ3v) is 5.44. The first-order valence-corrected chi connectivity index (χ1v) is 9.13. The highest BCUT2D eigenvalue weighted by Gasteiger charge is 2.42. The smallest absolute Gasteiger partial charge is 0.419 e. The molecular formula is C20H18F4N2O2. The topological polar surface area (TPSA) is 51.2 Å². The number of nitrogens with one attached hydrogen (secondary N) is 1. The van der Waals surface area contributed by atoms with Gasteiger partial charge >= 0.3 is 12.1 Å². The molecule has 2 bridgehead atoms. The van der Waals surface area contributed by atoms with Crippen molar-refractivity contribution < 1.29 is 27.1 Å². The van der Waals surface area contributed by atoms with E-state index in [9.17, 15) is 22.4 Å². The van der Waals surface area contributed by atoms with Crippen LogP contribution in [0.5, 0.6) is 0 Å². The molecule has 2 aliphatic rings. The number of hydrogen-bond acceptors (Lipinski definition) is 4. The summed E-state index contributed by atoms with van der Waals surface area (Å²) in [4.78, 5) is 16.6. The summed E-state index contributed by atoms with van der Waals surface area (Å²) in [5.41, 5.74) is 0.920. The number of hydrogen-bond donors (Lipinski definition) is 1. The van der Waals surface area contributed by atoms with Gasteiger partial charge in [0.05, 0.1) is 17.7 Å². The summed E-state index contributed by atoms with van der Waals surface area (Å²) in [6, 6.07) is 2.76. The van der Waals surface area contributed by atoms with E-state index in [1.807, 2.05) is 0 Å². The van der Waals surface area contributed by atoms with Gasteiger partial charge in [-0.15, -0.1) is 0 Å². The average molecular weight is 394 g/mol. The normalized spacial score (nSPS) is 20.2. The fourth-order valence-electron chi connectivity index (χ4n) is 4.33. The summed E-state index contributed by atoms with van der Waals surface area (Å²) in [5.74, 6) is -0.928. The lowest BCUT2D eigenvalue weighted by Gasteiger charge is -2.21. The summed E-state index contributed by atoms with van der Waals surface area (Å²) in [6.45, 7) is 1.97. The molecule has 2 aliphatic carbocycles. The summed E-state index contributed by atoms with van der Waals surface area (Å²) in [6.07, 6.45) is -0.586. The molecule has 4 nitrogen and oxygen atoms in total. The number of pyridine rings is 1. The molecule has 2 unspecified atom stereocenters. The van der Waals surface area contributed by atoms with E-state index in [1.165, 1.54) is 12.3 Å². The Morgan fingerprint density at radius 3 is 2.64 bits per heavy atom. The number of ether oxygens (including phenoxy) is 1. The molecule has 28 heavy (non-hydrogen) atoms. The predicted octanol–water partition coefficient (Wildman–Crippen LogP) is 5.52. The summed E-state index contributed by atoms with van der Waals surface area (Å²) >= 11 is 0. The fraction of sp³-hybridized carbons (Fsp3) is 0.400. The highest BCUT2D eigenvalue weighted by molar-refractivity contribution is 5.92. The van der Waals surface area contributed by atoms with Gasteiger partial charge in [-0.25, -0.2) is 14.2 Å². The minimum atomic E-state index is -4.79. The molecule has 0 radical (unpaired) electrons. The lowest BCUT2D eigenvalue weighted by atomic mass is 9.89. The summed E-state index contributed by atoms with van der Waals surface area (Å²) in [5, 5.41) is 2.90. The molecule has 1 fully saturated rings. The zero-order valence-electron chi connectivity index (χ0n) is 15.1. The van der Waals surface area contributed by atoms with E-state index in [1.54, 1.807) is 6.92 Å². The highest BCUT2D eigenvalue weighted by atomic mass is 19.4. The average Bonchev–Trinajstić information content (AvgIpc) is 3.25. The van der Waals surface area contributed by atoms with Crippen LogP contribution in [0.3, 0.4) is 0 Å². The summed E-state index contributed by atoms with van der Waals surface area (Å²) in [7, 11) is 0. The number of benzene rings is 1. The third-order valence-electron chi connectivity index (χ3n) is 5.44. The second-order valence-electron chi connectivity index (χ2n) is 7.09. The largest absolute Gasteiger partial charge is 0.462 e. The zero-order valence-corrected chi connectivity index (χ0v) is 15.1. The SMILES string of the molecule is CCOC(=O)c1cnc(Nc2ccc(F)c(C(F)(F)F)c2)c2c1C1CCC2C1. The molecule has 0 saturated heterocycles. The Balaban J connectivity index is 1.74. The van der Waals surface area contributed by atoms with Crippen molar-refractivity contribution >= 4 is 17.5 Å². The number of esters is 1. The van der Waals surface area contributed by atoms with E-state index in [4.69, 9.17) is 4.74 Å². The minimum Gasteiger partial charge on any atom is -0.462 e. The quantitative estimate of drug-likeness (QED) is 0.548. The number of anilines is 2. The molecule has 0 spiro atoms. The number of carbonyl (C=O) groups is 1. The Bertz CT molecular complexity index is 943. The van der Waals surface area contributed by atoms with Gasteiger partial charge < -0.3 is 10.1 Å². The molecule has 1 aromatic carbocycles. The summed E-state index contributed by atoms with van der Waals surface area (Å²) < 4.78 is 57.6. The van der Waals surface area contributed by atoms with Gasteiger partial charge in [0, 0.05) is 17.4 Å². The van der Waals surface area contributed by atoms with Crippen LogP contribution in [0.2, 0.25) is 0 Å². The Morgan fingerprint density at radius 2 is 1.96 bits per heavy atom. The van der Waals surface area contributed by atoms with E-state index in [-0.39, 0.29) is 24.1 Å². The number of nitrogens with zero attached hydrogens (tertiary/aromatic N) is 1.